The third-order valence-corrected chi connectivity index (χ3v) is 4.63. The van der Waals surface area contributed by atoms with Crippen LogP contribution in [0.5, 0.6) is 0 Å². The lowest BCUT2D eigenvalue weighted by atomic mass is 9.95. The first-order chi connectivity index (χ1) is 9.43. The summed E-state index contributed by atoms with van der Waals surface area (Å²) >= 11 is 0. The Hall–Kier alpha value is -1.02. The lowest BCUT2D eigenvalue weighted by molar-refractivity contribution is 0.375. The van der Waals surface area contributed by atoms with Gasteiger partial charge in [-0.25, -0.2) is 0 Å². The van der Waals surface area contributed by atoms with E-state index in [-0.39, 0.29) is 0 Å². The molecule has 0 bridgehead atoms. The van der Waals surface area contributed by atoms with Crippen LogP contribution in [0.15, 0.2) is 24.3 Å². The summed E-state index contributed by atoms with van der Waals surface area (Å²) in [6.07, 6.45) is 9.61. The molecular weight excluding hydrogens is 232 g/mol. The Labute approximate surface area is 117 Å². The molecule has 2 nitrogen and oxygen atoms in total. The van der Waals surface area contributed by atoms with Crippen molar-refractivity contribution in [2.24, 2.45) is 0 Å². The summed E-state index contributed by atoms with van der Waals surface area (Å²) in [7, 11) is 0. The number of para-hydroxylation sites is 1. The van der Waals surface area contributed by atoms with Gasteiger partial charge < -0.3 is 10.2 Å². The molecule has 2 aliphatic rings. The van der Waals surface area contributed by atoms with Gasteiger partial charge >= 0.3 is 0 Å². The van der Waals surface area contributed by atoms with Gasteiger partial charge in [-0.15, -0.1) is 0 Å². The van der Waals surface area contributed by atoms with Crippen LogP contribution >= 0.6 is 0 Å². The van der Waals surface area contributed by atoms with E-state index in [1.54, 1.807) is 0 Å². The highest BCUT2D eigenvalue weighted by Crippen LogP contribution is 2.26. The van der Waals surface area contributed by atoms with Gasteiger partial charge in [0.25, 0.3) is 0 Å². The number of rotatable bonds is 4. The molecule has 2 heteroatoms. The SMILES string of the molecule is c1ccc2c(c1)CCCN2CCNC1CCCCC1. The van der Waals surface area contributed by atoms with Crippen molar-refractivity contribution in [1.29, 1.82) is 0 Å². The van der Waals surface area contributed by atoms with E-state index in [9.17, 15) is 0 Å². The van der Waals surface area contributed by atoms with Crippen LogP contribution in [0, 0.1) is 0 Å². The first-order valence-corrected chi connectivity index (χ1v) is 8.00. The molecule has 0 unspecified atom stereocenters. The summed E-state index contributed by atoms with van der Waals surface area (Å²) in [5, 5.41) is 3.76. The van der Waals surface area contributed by atoms with Crippen LogP contribution in [-0.4, -0.2) is 25.7 Å². The Bertz CT molecular complexity index is 396. The highest BCUT2D eigenvalue weighted by molar-refractivity contribution is 5.55. The van der Waals surface area contributed by atoms with E-state index in [0.29, 0.717) is 0 Å². The standard InChI is InChI=1S/C17H26N2/c1-2-9-16(10-3-1)18-12-14-19-13-6-8-15-7-4-5-11-17(15)19/h4-5,7,11,16,18H,1-3,6,8-10,12-14H2. The van der Waals surface area contributed by atoms with Crippen molar-refractivity contribution in [3.05, 3.63) is 29.8 Å². The zero-order valence-electron chi connectivity index (χ0n) is 11.9. The van der Waals surface area contributed by atoms with Crippen molar-refractivity contribution < 1.29 is 0 Å². The molecular formula is C17H26N2. The molecule has 1 fully saturated rings. The quantitative estimate of drug-likeness (QED) is 0.891. The minimum absolute atomic E-state index is 0.786. The molecule has 1 N–H and O–H groups in total. The van der Waals surface area contributed by atoms with E-state index in [1.165, 1.54) is 62.7 Å². The minimum Gasteiger partial charge on any atom is -0.370 e. The van der Waals surface area contributed by atoms with Crippen LogP contribution in [-0.2, 0) is 6.42 Å². The normalized spacial score (nSPS) is 20.3. The van der Waals surface area contributed by atoms with Gasteiger partial charge in [-0.1, -0.05) is 37.5 Å². The zero-order chi connectivity index (χ0) is 12.9. The monoisotopic (exact) mass is 258 g/mol. The van der Waals surface area contributed by atoms with Gasteiger partial charge in [0.05, 0.1) is 0 Å². The molecule has 0 atom stereocenters. The second-order valence-electron chi connectivity index (χ2n) is 6.01. The van der Waals surface area contributed by atoms with E-state index < -0.39 is 0 Å². The topological polar surface area (TPSA) is 15.3 Å². The second kappa shape index (κ2) is 6.42. The molecule has 1 aliphatic heterocycles. The third-order valence-electron chi connectivity index (χ3n) is 4.63. The summed E-state index contributed by atoms with van der Waals surface area (Å²) in [5.41, 5.74) is 3.01. The molecule has 1 heterocycles. The number of benzene rings is 1. The molecule has 0 radical (unpaired) electrons. The molecule has 1 aliphatic carbocycles. The average molecular weight is 258 g/mol. The van der Waals surface area contributed by atoms with Crippen LogP contribution in [0.2, 0.25) is 0 Å². The Morgan fingerprint density at radius 3 is 2.79 bits per heavy atom. The van der Waals surface area contributed by atoms with E-state index in [1.807, 2.05) is 0 Å². The molecule has 0 spiro atoms. The van der Waals surface area contributed by atoms with E-state index in [4.69, 9.17) is 0 Å². The highest BCUT2D eigenvalue weighted by atomic mass is 15.2. The zero-order valence-corrected chi connectivity index (χ0v) is 11.9. The number of fused-ring (bicyclic) bond motifs is 1. The maximum atomic E-state index is 3.76. The van der Waals surface area contributed by atoms with Crippen molar-refractivity contribution in [1.82, 2.24) is 5.32 Å². The molecule has 104 valence electrons. The lowest BCUT2D eigenvalue weighted by Crippen LogP contribution is -2.39. The fourth-order valence-corrected chi connectivity index (χ4v) is 3.55. The predicted molar refractivity (Wildman–Crippen MR) is 81.9 cm³/mol. The van der Waals surface area contributed by atoms with Gasteiger partial charge in [0.1, 0.15) is 0 Å². The molecule has 0 saturated heterocycles. The van der Waals surface area contributed by atoms with E-state index in [0.717, 1.165) is 19.1 Å². The summed E-state index contributed by atoms with van der Waals surface area (Å²) in [6.45, 7) is 3.52. The summed E-state index contributed by atoms with van der Waals surface area (Å²) in [6, 6.07) is 9.70. The van der Waals surface area contributed by atoms with Crippen LogP contribution < -0.4 is 10.2 Å². The third kappa shape index (κ3) is 3.30. The Morgan fingerprint density at radius 1 is 1.05 bits per heavy atom. The van der Waals surface area contributed by atoms with Crippen molar-refractivity contribution in [2.45, 2.75) is 51.0 Å². The van der Waals surface area contributed by atoms with Gasteiger partial charge in [-0.3, -0.25) is 0 Å². The van der Waals surface area contributed by atoms with E-state index >= 15 is 0 Å². The maximum Gasteiger partial charge on any atom is 0.0399 e. The van der Waals surface area contributed by atoms with Crippen molar-refractivity contribution in [3.8, 4) is 0 Å². The van der Waals surface area contributed by atoms with Crippen LogP contribution in [0.1, 0.15) is 44.1 Å². The minimum atomic E-state index is 0.786. The van der Waals surface area contributed by atoms with Gasteiger partial charge in [-0.2, -0.15) is 0 Å². The van der Waals surface area contributed by atoms with Crippen molar-refractivity contribution in [2.75, 3.05) is 24.5 Å². The molecule has 1 aromatic rings. The number of hydrogen-bond acceptors (Lipinski definition) is 2. The van der Waals surface area contributed by atoms with Crippen molar-refractivity contribution >= 4 is 5.69 Å². The highest BCUT2D eigenvalue weighted by Gasteiger charge is 2.17. The van der Waals surface area contributed by atoms with Crippen molar-refractivity contribution in [3.63, 3.8) is 0 Å². The lowest BCUT2D eigenvalue weighted by Gasteiger charge is -2.32. The fourth-order valence-electron chi connectivity index (χ4n) is 3.55. The van der Waals surface area contributed by atoms with Gasteiger partial charge in [0.15, 0.2) is 0 Å². The number of anilines is 1. The number of aryl methyl sites for hydroxylation is 1. The smallest absolute Gasteiger partial charge is 0.0399 e. The average Bonchev–Trinajstić information content (AvgIpc) is 2.49. The van der Waals surface area contributed by atoms with Gasteiger partial charge in [0, 0.05) is 31.4 Å². The van der Waals surface area contributed by atoms with Crippen LogP contribution in [0.3, 0.4) is 0 Å². The predicted octanol–water partition coefficient (Wildman–Crippen LogP) is 3.36. The molecule has 0 amide bonds. The van der Waals surface area contributed by atoms with Gasteiger partial charge in [-0.05, 0) is 37.3 Å². The summed E-state index contributed by atoms with van der Waals surface area (Å²) < 4.78 is 0. The Morgan fingerprint density at radius 2 is 1.89 bits per heavy atom. The largest absolute Gasteiger partial charge is 0.370 e. The van der Waals surface area contributed by atoms with E-state index in [2.05, 4.69) is 34.5 Å². The maximum absolute atomic E-state index is 3.76. The first kappa shape index (κ1) is 13.0. The molecule has 0 aromatic heterocycles. The Balaban J connectivity index is 1.50. The van der Waals surface area contributed by atoms with Crippen LogP contribution in [0.25, 0.3) is 0 Å². The fraction of sp³-hybridized carbons (Fsp3) is 0.647. The number of nitrogens with one attached hydrogen (secondary N) is 1. The summed E-state index contributed by atoms with van der Waals surface area (Å²) in [4.78, 5) is 2.56. The molecule has 1 aromatic carbocycles. The molecule has 1 saturated carbocycles. The summed E-state index contributed by atoms with van der Waals surface area (Å²) in [5.74, 6) is 0. The number of nitrogens with zero attached hydrogens (tertiary/aromatic N) is 1. The first-order valence-electron chi connectivity index (χ1n) is 8.00. The Kier molecular flexibility index (Phi) is 4.39. The number of hydrogen-bond donors (Lipinski definition) is 1. The molecule has 19 heavy (non-hydrogen) atoms. The van der Waals surface area contributed by atoms with Gasteiger partial charge in [0.2, 0.25) is 0 Å². The van der Waals surface area contributed by atoms with Crippen LogP contribution in [0.4, 0.5) is 5.69 Å². The molecule has 3 rings (SSSR count). The second-order valence-corrected chi connectivity index (χ2v) is 6.01.